The quantitative estimate of drug-likeness (QED) is 0.726. The summed E-state index contributed by atoms with van der Waals surface area (Å²) in [4.78, 5) is 4.41. The number of nitrogen functional groups attached to an aromatic ring is 1. The molecule has 1 unspecified atom stereocenters. The average molecular weight is 358 g/mol. The van der Waals surface area contributed by atoms with Crippen molar-refractivity contribution in [3.05, 3.63) is 59.2 Å². The van der Waals surface area contributed by atoms with Crippen molar-refractivity contribution in [1.82, 2.24) is 0 Å². The van der Waals surface area contributed by atoms with Gasteiger partial charge in [-0.05, 0) is 31.5 Å². The molecule has 0 aliphatic carbocycles. The van der Waals surface area contributed by atoms with Crippen molar-refractivity contribution in [1.29, 1.82) is 0 Å². The van der Waals surface area contributed by atoms with Crippen LogP contribution in [0.4, 0.5) is 11.4 Å². The van der Waals surface area contributed by atoms with Crippen LogP contribution in [-0.2, 0) is 21.4 Å². The van der Waals surface area contributed by atoms with Crippen molar-refractivity contribution in [2.75, 3.05) is 11.1 Å². The zero-order valence-corrected chi connectivity index (χ0v) is 15.0. The minimum Gasteiger partial charge on any atom is -0.398 e. The van der Waals surface area contributed by atoms with E-state index in [1.54, 1.807) is 50.4 Å². The van der Waals surface area contributed by atoms with E-state index in [4.69, 9.17) is 11.5 Å². The monoisotopic (exact) mass is 358 g/mol. The molecule has 0 aromatic heterocycles. The highest BCUT2D eigenvalue weighted by atomic mass is 32.2. The Balaban J connectivity index is 1.86. The maximum atomic E-state index is 12.0. The molecular weight excluding hydrogens is 336 g/mol. The lowest BCUT2D eigenvalue weighted by Crippen LogP contribution is -2.44. The number of rotatable bonds is 4. The van der Waals surface area contributed by atoms with E-state index >= 15 is 0 Å². The zero-order chi connectivity index (χ0) is 18.2. The second-order valence-corrected chi connectivity index (χ2v) is 9.07. The van der Waals surface area contributed by atoms with Crippen LogP contribution in [0.5, 0.6) is 0 Å². The maximum absolute atomic E-state index is 12.0. The molecule has 0 saturated heterocycles. The summed E-state index contributed by atoms with van der Waals surface area (Å²) in [6, 6.07) is 12.7. The van der Waals surface area contributed by atoms with E-state index in [9.17, 15) is 8.42 Å². The van der Waals surface area contributed by atoms with Crippen LogP contribution in [-0.4, -0.2) is 19.9 Å². The SMILES string of the molecule is CC(C)S(=O)(=O)Cc1ccc(C2(N)N=Cc3c(N)cccc3N2)cc1. The lowest BCUT2D eigenvalue weighted by atomic mass is 10.0. The second-order valence-electron chi connectivity index (χ2n) is 6.51. The zero-order valence-electron chi connectivity index (χ0n) is 14.2. The van der Waals surface area contributed by atoms with Crippen molar-refractivity contribution in [2.45, 2.75) is 30.6 Å². The highest BCUT2D eigenvalue weighted by molar-refractivity contribution is 7.91. The Morgan fingerprint density at radius 1 is 1.16 bits per heavy atom. The molecule has 0 bridgehead atoms. The van der Waals surface area contributed by atoms with Gasteiger partial charge in [-0.2, -0.15) is 0 Å². The molecule has 132 valence electrons. The average Bonchev–Trinajstić information content (AvgIpc) is 2.55. The predicted octanol–water partition coefficient (Wildman–Crippen LogP) is 2.21. The Kier molecular flexibility index (Phi) is 4.30. The van der Waals surface area contributed by atoms with Gasteiger partial charge in [-0.15, -0.1) is 0 Å². The summed E-state index contributed by atoms with van der Waals surface area (Å²) in [5.41, 5.74) is 16.1. The third kappa shape index (κ3) is 3.38. The number of nitrogens with one attached hydrogen (secondary N) is 1. The molecule has 3 rings (SSSR count). The van der Waals surface area contributed by atoms with E-state index in [1.807, 2.05) is 12.1 Å². The van der Waals surface area contributed by atoms with Gasteiger partial charge in [0.05, 0.1) is 11.0 Å². The van der Waals surface area contributed by atoms with Gasteiger partial charge in [0.1, 0.15) is 0 Å². The summed E-state index contributed by atoms with van der Waals surface area (Å²) in [5, 5.41) is 2.79. The first kappa shape index (κ1) is 17.4. The summed E-state index contributed by atoms with van der Waals surface area (Å²) < 4.78 is 24.1. The fourth-order valence-electron chi connectivity index (χ4n) is 2.64. The van der Waals surface area contributed by atoms with Crippen LogP contribution in [0, 0.1) is 0 Å². The van der Waals surface area contributed by atoms with Gasteiger partial charge in [0.25, 0.3) is 0 Å². The van der Waals surface area contributed by atoms with Gasteiger partial charge >= 0.3 is 0 Å². The van der Waals surface area contributed by atoms with Crippen LogP contribution in [0.1, 0.15) is 30.5 Å². The summed E-state index contributed by atoms with van der Waals surface area (Å²) in [5.74, 6) is -1.10. The van der Waals surface area contributed by atoms with E-state index in [-0.39, 0.29) is 5.75 Å². The predicted molar refractivity (Wildman–Crippen MR) is 102 cm³/mol. The van der Waals surface area contributed by atoms with Gasteiger partial charge in [0.2, 0.25) is 5.79 Å². The van der Waals surface area contributed by atoms with Crippen LogP contribution < -0.4 is 16.8 Å². The van der Waals surface area contributed by atoms with E-state index in [1.165, 1.54) is 0 Å². The molecule has 1 aliphatic heterocycles. The molecule has 1 atom stereocenters. The van der Waals surface area contributed by atoms with Crippen molar-refractivity contribution >= 4 is 27.4 Å². The van der Waals surface area contributed by atoms with E-state index in [0.717, 1.165) is 22.4 Å². The lowest BCUT2D eigenvalue weighted by Gasteiger charge is -2.32. The molecule has 1 aliphatic rings. The standard InChI is InChI=1S/C18H22N4O2S/c1-12(2)25(23,24)11-13-6-8-14(9-7-13)18(20)21-10-15-16(19)4-3-5-17(15)22-18/h3-10,12,22H,11,19-20H2,1-2H3. The summed E-state index contributed by atoms with van der Waals surface area (Å²) in [6.07, 6.45) is 1.66. The number of nitrogens with zero attached hydrogens (tertiary/aromatic N) is 1. The van der Waals surface area contributed by atoms with Crippen molar-refractivity contribution in [3.63, 3.8) is 0 Å². The number of anilines is 2. The molecular formula is C18H22N4O2S. The van der Waals surface area contributed by atoms with Crippen molar-refractivity contribution in [2.24, 2.45) is 10.7 Å². The van der Waals surface area contributed by atoms with Gasteiger partial charge in [0, 0.05) is 28.7 Å². The second kappa shape index (κ2) is 6.16. The number of aliphatic imine (C=N–C) groups is 1. The molecule has 0 amide bonds. The molecule has 25 heavy (non-hydrogen) atoms. The topological polar surface area (TPSA) is 111 Å². The van der Waals surface area contributed by atoms with Crippen LogP contribution in [0.2, 0.25) is 0 Å². The fourth-order valence-corrected chi connectivity index (χ4v) is 3.63. The number of hydrogen-bond donors (Lipinski definition) is 3. The Labute approximate surface area is 147 Å². The highest BCUT2D eigenvalue weighted by Gasteiger charge is 2.30. The smallest absolute Gasteiger partial charge is 0.209 e. The normalized spacial score (nSPS) is 19.5. The minimum absolute atomic E-state index is 0.0125. The van der Waals surface area contributed by atoms with Gasteiger partial charge < -0.3 is 11.1 Å². The minimum atomic E-state index is -3.14. The first-order valence-electron chi connectivity index (χ1n) is 8.03. The van der Waals surface area contributed by atoms with Gasteiger partial charge in [-0.3, -0.25) is 5.73 Å². The molecule has 0 fully saturated rings. The van der Waals surface area contributed by atoms with E-state index in [0.29, 0.717) is 5.69 Å². The van der Waals surface area contributed by atoms with E-state index < -0.39 is 20.9 Å². The summed E-state index contributed by atoms with van der Waals surface area (Å²) in [7, 11) is -3.14. The maximum Gasteiger partial charge on any atom is 0.209 e. The van der Waals surface area contributed by atoms with Crippen LogP contribution >= 0.6 is 0 Å². The Bertz CT molecular complexity index is 921. The largest absolute Gasteiger partial charge is 0.398 e. The Morgan fingerprint density at radius 3 is 2.48 bits per heavy atom. The lowest BCUT2D eigenvalue weighted by molar-refractivity contribution is 0.541. The fraction of sp³-hybridized carbons (Fsp3) is 0.278. The van der Waals surface area contributed by atoms with Gasteiger partial charge in [-0.1, -0.05) is 30.3 Å². The molecule has 0 spiro atoms. The van der Waals surface area contributed by atoms with E-state index in [2.05, 4.69) is 10.3 Å². The number of sulfone groups is 1. The molecule has 1 heterocycles. The van der Waals surface area contributed by atoms with Gasteiger partial charge in [-0.25, -0.2) is 13.4 Å². The number of hydrogen-bond acceptors (Lipinski definition) is 6. The summed E-state index contributed by atoms with van der Waals surface area (Å²) >= 11 is 0. The van der Waals surface area contributed by atoms with Crippen molar-refractivity contribution < 1.29 is 8.42 Å². The molecule has 2 aromatic rings. The third-order valence-corrected chi connectivity index (χ3v) is 6.51. The van der Waals surface area contributed by atoms with Crippen molar-refractivity contribution in [3.8, 4) is 0 Å². The van der Waals surface area contributed by atoms with Gasteiger partial charge in [0.15, 0.2) is 9.84 Å². The van der Waals surface area contributed by atoms with Crippen LogP contribution in [0.15, 0.2) is 47.5 Å². The number of fused-ring (bicyclic) bond motifs is 1. The summed E-state index contributed by atoms with van der Waals surface area (Å²) in [6.45, 7) is 3.37. The molecule has 7 heteroatoms. The number of nitrogens with two attached hydrogens (primary N) is 2. The third-order valence-electron chi connectivity index (χ3n) is 4.34. The molecule has 2 aromatic carbocycles. The molecule has 5 N–H and O–H groups in total. The number of benzene rings is 2. The van der Waals surface area contributed by atoms with Crippen LogP contribution in [0.3, 0.4) is 0 Å². The first-order chi connectivity index (χ1) is 11.7. The molecule has 0 saturated carbocycles. The Hall–Kier alpha value is -2.38. The molecule has 0 radical (unpaired) electrons. The molecule has 6 nitrogen and oxygen atoms in total. The Morgan fingerprint density at radius 2 is 1.84 bits per heavy atom. The first-order valence-corrected chi connectivity index (χ1v) is 9.74. The highest BCUT2D eigenvalue weighted by Crippen LogP contribution is 2.31. The van der Waals surface area contributed by atoms with Crippen LogP contribution in [0.25, 0.3) is 0 Å².